The standard InChI is InChI=1S/C22H27N3O3S2/c1-4-25-20-7-6-18(30(26,27)24-9-11-28-12-10-24)14-19(20)23-22(25)15-29-21-8-5-16(2)13-17(21)3/h5-8,13-14H,4,9-12,15H2,1-3H3. The van der Waals surface area contributed by atoms with Crippen LogP contribution in [0.2, 0.25) is 0 Å². The van der Waals surface area contributed by atoms with Crippen LogP contribution in [0.25, 0.3) is 11.0 Å². The fraction of sp³-hybridized carbons (Fsp3) is 0.409. The summed E-state index contributed by atoms with van der Waals surface area (Å²) in [7, 11) is -3.53. The first-order valence-electron chi connectivity index (χ1n) is 10.2. The average Bonchev–Trinajstić information content (AvgIpc) is 3.10. The molecular weight excluding hydrogens is 418 g/mol. The molecule has 160 valence electrons. The van der Waals surface area contributed by atoms with Gasteiger partial charge in [-0.1, -0.05) is 17.7 Å². The van der Waals surface area contributed by atoms with Crippen molar-refractivity contribution in [3.8, 4) is 0 Å². The van der Waals surface area contributed by atoms with Crippen LogP contribution in [-0.4, -0.2) is 48.6 Å². The van der Waals surface area contributed by atoms with Crippen LogP contribution in [0, 0.1) is 13.8 Å². The second-order valence-electron chi connectivity index (χ2n) is 7.50. The molecule has 6 nitrogen and oxygen atoms in total. The number of benzene rings is 2. The van der Waals surface area contributed by atoms with Gasteiger partial charge in [0.05, 0.1) is 34.9 Å². The van der Waals surface area contributed by atoms with Gasteiger partial charge in [-0.25, -0.2) is 13.4 Å². The number of sulfonamides is 1. The molecule has 4 rings (SSSR count). The van der Waals surface area contributed by atoms with Crippen molar-refractivity contribution in [1.29, 1.82) is 0 Å². The van der Waals surface area contributed by atoms with Gasteiger partial charge in [0, 0.05) is 24.5 Å². The summed E-state index contributed by atoms with van der Waals surface area (Å²) in [6.45, 7) is 8.75. The van der Waals surface area contributed by atoms with E-state index in [4.69, 9.17) is 9.72 Å². The lowest BCUT2D eigenvalue weighted by molar-refractivity contribution is 0.0730. The molecule has 0 N–H and O–H groups in total. The first-order chi connectivity index (χ1) is 14.4. The van der Waals surface area contributed by atoms with E-state index in [2.05, 4.69) is 43.5 Å². The molecule has 30 heavy (non-hydrogen) atoms. The Morgan fingerprint density at radius 2 is 1.87 bits per heavy atom. The highest BCUT2D eigenvalue weighted by molar-refractivity contribution is 7.98. The Labute approximate surface area is 182 Å². The van der Waals surface area contributed by atoms with Gasteiger partial charge in [0.15, 0.2) is 0 Å². The quantitative estimate of drug-likeness (QED) is 0.537. The monoisotopic (exact) mass is 445 g/mol. The molecule has 2 aromatic carbocycles. The maximum Gasteiger partial charge on any atom is 0.243 e. The Kier molecular flexibility index (Phi) is 6.20. The summed E-state index contributed by atoms with van der Waals surface area (Å²) in [6.07, 6.45) is 0. The SMILES string of the molecule is CCn1c(CSc2ccc(C)cc2C)nc2cc(S(=O)(=O)N3CCOCC3)ccc21. The van der Waals surface area contributed by atoms with E-state index >= 15 is 0 Å². The third-order valence-corrected chi connectivity index (χ3v) is 8.48. The van der Waals surface area contributed by atoms with Crippen molar-refractivity contribution in [2.24, 2.45) is 0 Å². The van der Waals surface area contributed by atoms with E-state index < -0.39 is 10.0 Å². The molecule has 1 aliphatic heterocycles. The van der Waals surface area contributed by atoms with Crippen molar-refractivity contribution >= 4 is 32.8 Å². The van der Waals surface area contributed by atoms with Crippen LogP contribution in [0.3, 0.4) is 0 Å². The first kappa shape index (κ1) is 21.4. The van der Waals surface area contributed by atoms with Gasteiger partial charge < -0.3 is 9.30 Å². The maximum atomic E-state index is 13.0. The summed E-state index contributed by atoms with van der Waals surface area (Å²) in [4.78, 5) is 6.34. The summed E-state index contributed by atoms with van der Waals surface area (Å²) >= 11 is 1.76. The van der Waals surface area contributed by atoms with Gasteiger partial charge in [0.1, 0.15) is 5.82 Å². The molecule has 1 fully saturated rings. The van der Waals surface area contributed by atoms with Crippen LogP contribution in [-0.2, 0) is 27.1 Å². The van der Waals surface area contributed by atoms with Gasteiger partial charge in [0.2, 0.25) is 10.0 Å². The second kappa shape index (κ2) is 8.70. The van der Waals surface area contributed by atoms with Crippen molar-refractivity contribution in [2.75, 3.05) is 26.3 Å². The lowest BCUT2D eigenvalue weighted by Gasteiger charge is -2.26. The number of imidazole rings is 1. The molecule has 1 aliphatic rings. The van der Waals surface area contributed by atoms with Crippen LogP contribution in [0.15, 0.2) is 46.2 Å². The number of aromatic nitrogens is 2. The topological polar surface area (TPSA) is 64.4 Å². The molecule has 3 aromatic rings. The third kappa shape index (κ3) is 4.14. The fourth-order valence-electron chi connectivity index (χ4n) is 3.82. The second-order valence-corrected chi connectivity index (χ2v) is 10.5. The van der Waals surface area contributed by atoms with E-state index in [1.165, 1.54) is 20.3 Å². The fourth-order valence-corrected chi connectivity index (χ4v) is 6.21. The van der Waals surface area contributed by atoms with E-state index in [-0.39, 0.29) is 0 Å². The minimum absolute atomic E-state index is 0.297. The first-order valence-corrected chi connectivity index (χ1v) is 12.6. The zero-order valence-corrected chi connectivity index (χ0v) is 19.2. The summed E-state index contributed by atoms with van der Waals surface area (Å²) in [5.41, 5.74) is 4.21. The lowest BCUT2D eigenvalue weighted by atomic mass is 10.2. The third-order valence-electron chi connectivity index (χ3n) is 5.41. The molecule has 0 aliphatic carbocycles. The zero-order chi connectivity index (χ0) is 21.3. The van der Waals surface area contributed by atoms with Crippen LogP contribution in [0.4, 0.5) is 0 Å². The molecule has 1 aromatic heterocycles. The molecule has 0 spiro atoms. The van der Waals surface area contributed by atoms with Gasteiger partial charge in [-0.3, -0.25) is 0 Å². The van der Waals surface area contributed by atoms with Crippen molar-refractivity contribution in [1.82, 2.24) is 13.9 Å². The Hall–Kier alpha value is -1.87. The minimum atomic E-state index is -3.53. The van der Waals surface area contributed by atoms with E-state index in [1.807, 2.05) is 6.07 Å². The normalized spacial score (nSPS) is 15.7. The van der Waals surface area contributed by atoms with Crippen LogP contribution < -0.4 is 0 Å². The zero-order valence-electron chi connectivity index (χ0n) is 17.6. The van der Waals surface area contributed by atoms with Gasteiger partial charge in [-0.2, -0.15) is 4.31 Å². The minimum Gasteiger partial charge on any atom is -0.379 e. The Morgan fingerprint density at radius 1 is 1.10 bits per heavy atom. The van der Waals surface area contributed by atoms with E-state index in [0.717, 1.165) is 29.2 Å². The predicted octanol–water partition coefficient (Wildman–Crippen LogP) is 3.99. The summed E-state index contributed by atoms with van der Waals surface area (Å²) in [6, 6.07) is 11.8. The molecule has 8 heteroatoms. The van der Waals surface area contributed by atoms with Crippen molar-refractivity contribution in [3.63, 3.8) is 0 Å². The molecule has 0 unspecified atom stereocenters. The highest BCUT2D eigenvalue weighted by atomic mass is 32.2. The molecular formula is C22H27N3O3S2. The van der Waals surface area contributed by atoms with E-state index in [1.54, 1.807) is 23.9 Å². The molecule has 0 bridgehead atoms. The molecule has 0 atom stereocenters. The maximum absolute atomic E-state index is 13.0. The smallest absolute Gasteiger partial charge is 0.243 e. The molecule has 0 saturated carbocycles. The van der Waals surface area contributed by atoms with E-state index in [0.29, 0.717) is 31.2 Å². The number of morpholine rings is 1. The van der Waals surface area contributed by atoms with Gasteiger partial charge in [0.25, 0.3) is 0 Å². The Balaban J connectivity index is 1.63. The van der Waals surface area contributed by atoms with Gasteiger partial charge in [-0.15, -0.1) is 11.8 Å². The number of fused-ring (bicyclic) bond motifs is 1. The number of hydrogen-bond acceptors (Lipinski definition) is 5. The number of ether oxygens (including phenoxy) is 1. The summed E-state index contributed by atoms with van der Waals surface area (Å²) in [5, 5.41) is 0. The summed E-state index contributed by atoms with van der Waals surface area (Å²) < 4.78 is 34.9. The van der Waals surface area contributed by atoms with Gasteiger partial charge >= 0.3 is 0 Å². The average molecular weight is 446 g/mol. The number of aryl methyl sites for hydroxylation is 3. The van der Waals surface area contributed by atoms with Crippen LogP contribution in [0.1, 0.15) is 23.9 Å². The molecule has 0 amide bonds. The lowest BCUT2D eigenvalue weighted by Crippen LogP contribution is -2.40. The van der Waals surface area contributed by atoms with Crippen molar-refractivity contribution in [3.05, 3.63) is 53.3 Å². The van der Waals surface area contributed by atoms with Gasteiger partial charge in [-0.05, 0) is 50.6 Å². The highest BCUT2D eigenvalue weighted by Crippen LogP contribution is 2.29. The molecule has 0 radical (unpaired) electrons. The molecule has 1 saturated heterocycles. The Bertz CT molecular complexity index is 1170. The molecule has 2 heterocycles. The van der Waals surface area contributed by atoms with E-state index in [9.17, 15) is 8.42 Å². The van der Waals surface area contributed by atoms with Crippen molar-refractivity contribution in [2.45, 2.75) is 42.9 Å². The number of thioether (sulfide) groups is 1. The number of rotatable bonds is 6. The number of nitrogens with zero attached hydrogens (tertiary/aromatic N) is 3. The van der Waals surface area contributed by atoms with Crippen molar-refractivity contribution < 1.29 is 13.2 Å². The van der Waals surface area contributed by atoms with Crippen LogP contribution >= 0.6 is 11.8 Å². The largest absolute Gasteiger partial charge is 0.379 e. The number of hydrogen-bond donors (Lipinski definition) is 0. The summed E-state index contributed by atoms with van der Waals surface area (Å²) in [5.74, 6) is 1.69. The van der Waals surface area contributed by atoms with Crippen LogP contribution in [0.5, 0.6) is 0 Å². The predicted molar refractivity (Wildman–Crippen MR) is 120 cm³/mol. The Morgan fingerprint density at radius 3 is 2.57 bits per heavy atom. The highest BCUT2D eigenvalue weighted by Gasteiger charge is 2.27.